The molecule has 112 valence electrons. The second-order valence-corrected chi connectivity index (χ2v) is 5.86. The summed E-state index contributed by atoms with van der Waals surface area (Å²) in [6.45, 7) is 8.52. The highest BCUT2D eigenvalue weighted by Gasteiger charge is 2.21. The molecule has 0 aromatic carbocycles. The molecular weight excluding hydrogens is 254 g/mol. The average Bonchev–Trinajstić information content (AvgIpc) is 2.44. The molecule has 0 aliphatic carbocycles. The third-order valence-corrected chi connectivity index (χ3v) is 3.15. The van der Waals surface area contributed by atoms with Crippen LogP contribution in [0.1, 0.15) is 31.3 Å². The minimum Gasteiger partial charge on any atom is -0.355 e. The quantitative estimate of drug-likeness (QED) is 0.840. The fourth-order valence-electron chi connectivity index (χ4n) is 1.77. The van der Waals surface area contributed by atoms with Gasteiger partial charge in [0.1, 0.15) is 0 Å². The summed E-state index contributed by atoms with van der Waals surface area (Å²) in [7, 11) is 3.39. The predicted molar refractivity (Wildman–Crippen MR) is 80.8 cm³/mol. The average molecular weight is 279 g/mol. The minimum atomic E-state index is -0.144. The van der Waals surface area contributed by atoms with E-state index in [9.17, 15) is 4.79 Å². The molecule has 1 amide bonds. The van der Waals surface area contributed by atoms with Crippen LogP contribution in [0.15, 0.2) is 12.1 Å². The van der Waals surface area contributed by atoms with Gasteiger partial charge in [-0.1, -0.05) is 13.8 Å². The standard InChI is InChI=1S/C14H25N5O/c1-6-19(10-14(2,3)9-15)12-8-7-11(16-17-12)13(20)18(4)5/h7-8H,6,9-10,15H2,1-5H3. The van der Waals surface area contributed by atoms with Crippen molar-refractivity contribution in [2.75, 3.05) is 38.6 Å². The van der Waals surface area contributed by atoms with Crippen molar-refractivity contribution in [2.24, 2.45) is 11.1 Å². The lowest BCUT2D eigenvalue weighted by Crippen LogP contribution is -2.39. The number of aromatic nitrogens is 2. The molecule has 1 aromatic heterocycles. The maximum absolute atomic E-state index is 11.8. The summed E-state index contributed by atoms with van der Waals surface area (Å²) < 4.78 is 0. The van der Waals surface area contributed by atoms with Crippen molar-refractivity contribution >= 4 is 11.7 Å². The molecular formula is C14H25N5O. The molecule has 0 saturated carbocycles. The Bertz CT molecular complexity index is 441. The predicted octanol–water partition coefficient (Wildman–Crippen LogP) is 0.990. The van der Waals surface area contributed by atoms with E-state index < -0.39 is 0 Å². The van der Waals surface area contributed by atoms with E-state index in [2.05, 4.69) is 35.9 Å². The number of nitrogens with two attached hydrogens (primary N) is 1. The Labute approximate surface area is 121 Å². The van der Waals surface area contributed by atoms with Crippen LogP contribution in [0.3, 0.4) is 0 Å². The summed E-state index contributed by atoms with van der Waals surface area (Å²) in [5, 5.41) is 8.17. The topological polar surface area (TPSA) is 75.3 Å². The van der Waals surface area contributed by atoms with Gasteiger partial charge in [0, 0.05) is 27.2 Å². The maximum Gasteiger partial charge on any atom is 0.273 e. The van der Waals surface area contributed by atoms with Gasteiger partial charge in [-0.2, -0.15) is 0 Å². The summed E-state index contributed by atoms with van der Waals surface area (Å²) in [5.74, 6) is 0.624. The first-order chi connectivity index (χ1) is 9.30. The van der Waals surface area contributed by atoms with Crippen LogP contribution < -0.4 is 10.6 Å². The van der Waals surface area contributed by atoms with Crippen molar-refractivity contribution in [3.05, 3.63) is 17.8 Å². The fraction of sp³-hybridized carbons (Fsp3) is 0.643. The summed E-state index contributed by atoms with van der Waals surface area (Å²) in [6.07, 6.45) is 0. The number of rotatable bonds is 6. The smallest absolute Gasteiger partial charge is 0.273 e. The minimum absolute atomic E-state index is 0.00974. The Hall–Kier alpha value is -1.69. The molecule has 0 saturated heterocycles. The van der Waals surface area contributed by atoms with Gasteiger partial charge in [-0.3, -0.25) is 4.79 Å². The van der Waals surface area contributed by atoms with Gasteiger partial charge in [0.05, 0.1) is 0 Å². The van der Waals surface area contributed by atoms with Crippen molar-refractivity contribution in [1.82, 2.24) is 15.1 Å². The number of carbonyl (C=O) groups is 1. The van der Waals surface area contributed by atoms with E-state index in [1.165, 1.54) is 4.90 Å². The molecule has 0 radical (unpaired) electrons. The van der Waals surface area contributed by atoms with Crippen LogP contribution in [0.4, 0.5) is 5.82 Å². The van der Waals surface area contributed by atoms with Gasteiger partial charge in [-0.25, -0.2) is 0 Å². The van der Waals surface area contributed by atoms with Crippen LogP contribution in [0.5, 0.6) is 0 Å². The number of carbonyl (C=O) groups excluding carboxylic acids is 1. The van der Waals surface area contributed by atoms with Crippen molar-refractivity contribution in [3.63, 3.8) is 0 Å². The monoisotopic (exact) mass is 279 g/mol. The molecule has 20 heavy (non-hydrogen) atoms. The van der Waals surface area contributed by atoms with E-state index >= 15 is 0 Å². The molecule has 0 aliphatic heterocycles. The summed E-state index contributed by atoms with van der Waals surface area (Å²) >= 11 is 0. The van der Waals surface area contributed by atoms with Crippen molar-refractivity contribution in [3.8, 4) is 0 Å². The third-order valence-electron chi connectivity index (χ3n) is 3.15. The van der Waals surface area contributed by atoms with Crippen LogP contribution in [0.25, 0.3) is 0 Å². The highest BCUT2D eigenvalue weighted by Crippen LogP contribution is 2.19. The van der Waals surface area contributed by atoms with Crippen molar-refractivity contribution in [2.45, 2.75) is 20.8 Å². The highest BCUT2D eigenvalue weighted by atomic mass is 16.2. The van der Waals surface area contributed by atoms with Gasteiger partial charge in [-0.15, -0.1) is 10.2 Å². The third kappa shape index (κ3) is 4.16. The van der Waals surface area contributed by atoms with E-state index in [0.717, 1.165) is 18.9 Å². The first-order valence-corrected chi connectivity index (χ1v) is 6.81. The molecule has 0 spiro atoms. The van der Waals surface area contributed by atoms with E-state index in [0.29, 0.717) is 12.2 Å². The van der Waals surface area contributed by atoms with Crippen molar-refractivity contribution < 1.29 is 4.79 Å². The van der Waals surface area contributed by atoms with Crippen LogP contribution in [0, 0.1) is 5.41 Å². The lowest BCUT2D eigenvalue weighted by molar-refractivity contribution is 0.0821. The molecule has 6 heteroatoms. The summed E-state index contributed by atoms with van der Waals surface area (Å²) in [6, 6.07) is 3.54. The Kier molecular flexibility index (Phi) is 5.44. The van der Waals surface area contributed by atoms with Crippen LogP contribution >= 0.6 is 0 Å². The van der Waals surface area contributed by atoms with Gasteiger partial charge in [-0.05, 0) is 31.0 Å². The molecule has 0 fully saturated rings. The summed E-state index contributed by atoms with van der Waals surface area (Å²) in [5.41, 5.74) is 6.14. The normalized spacial score (nSPS) is 11.3. The van der Waals surface area contributed by atoms with E-state index in [4.69, 9.17) is 5.73 Å². The maximum atomic E-state index is 11.8. The molecule has 0 bridgehead atoms. The van der Waals surface area contributed by atoms with Gasteiger partial charge < -0.3 is 15.5 Å². The fourth-order valence-corrected chi connectivity index (χ4v) is 1.77. The van der Waals surface area contributed by atoms with Crippen LogP contribution in [0.2, 0.25) is 0 Å². The Morgan fingerprint density at radius 2 is 1.95 bits per heavy atom. The lowest BCUT2D eigenvalue weighted by Gasteiger charge is -2.31. The highest BCUT2D eigenvalue weighted by molar-refractivity contribution is 5.91. The number of amides is 1. The molecule has 2 N–H and O–H groups in total. The zero-order valence-electron chi connectivity index (χ0n) is 13.1. The Morgan fingerprint density at radius 3 is 2.35 bits per heavy atom. The second-order valence-electron chi connectivity index (χ2n) is 5.86. The van der Waals surface area contributed by atoms with Crippen LogP contribution in [-0.2, 0) is 0 Å². The lowest BCUT2D eigenvalue weighted by atomic mass is 9.93. The van der Waals surface area contributed by atoms with E-state index in [1.54, 1.807) is 20.2 Å². The van der Waals surface area contributed by atoms with Gasteiger partial charge >= 0.3 is 0 Å². The zero-order chi connectivity index (χ0) is 15.3. The largest absolute Gasteiger partial charge is 0.355 e. The molecule has 0 aliphatic rings. The molecule has 0 atom stereocenters. The second kappa shape index (κ2) is 6.65. The van der Waals surface area contributed by atoms with E-state index in [-0.39, 0.29) is 11.3 Å². The molecule has 1 heterocycles. The van der Waals surface area contributed by atoms with Gasteiger partial charge in [0.25, 0.3) is 5.91 Å². The van der Waals surface area contributed by atoms with Crippen molar-refractivity contribution in [1.29, 1.82) is 0 Å². The molecule has 1 rings (SSSR count). The number of hydrogen-bond acceptors (Lipinski definition) is 5. The SMILES string of the molecule is CCN(CC(C)(C)CN)c1ccc(C(=O)N(C)C)nn1. The molecule has 0 unspecified atom stereocenters. The van der Waals surface area contributed by atoms with Gasteiger partial charge in [0.15, 0.2) is 11.5 Å². The number of anilines is 1. The first kappa shape index (κ1) is 16.4. The Morgan fingerprint density at radius 1 is 1.30 bits per heavy atom. The summed E-state index contributed by atoms with van der Waals surface area (Å²) in [4.78, 5) is 15.4. The number of nitrogens with zero attached hydrogens (tertiary/aromatic N) is 4. The number of hydrogen-bond donors (Lipinski definition) is 1. The zero-order valence-corrected chi connectivity index (χ0v) is 13.1. The molecule has 6 nitrogen and oxygen atoms in total. The Balaban J connectivity index is 2.88. The molecule has 1 aromatic rings. The van der Waals surface area contributed by atoms with Crippen LogP contribution in [-0.4, -0.2) is 54.7 Å². The first-order valence-electron chi connectivity index (χ1n) is 6.81. The van der Waals surface area contributed by atoms with E-state index in [1.807, 2.05) is 6.07 Å². The van der Waals surface area contributed by atoms with Gasteiger partial charge in [0.2, 0.25) is 0 Å².